The van der Waals surface area contributed by atoms with Crippen LogP contribution in [0.5, 0.6) is 5.75 Å². The van der Waals surface area contributed by atoms with Gasteiger partial charge in [-0.2, -0.15) is 5.26 Å². The fraction of sp³-hybridized carbons (Fsp3) is 0.500. The highest BCUT2D eigenvalue weighted by molar-refractivity contribution is 5.96. The van der Waals surface area contributed by atoms with E-state index in [1.165, 1.54) is 0 Å². The van der Waals surface area contributed by atoms with Crippen LogP contribution >= 0.6 is 0 Å². The molecule has 2 aromatic rings. The molecule has 29 heavy (non-hydrogen) atoms. The third kappa shape index (κ3) is 6.23. The predicted molar refractivity (Wildman–Crippen MR) is 118 cm³/mol. The van der Waals surface area contributed by atoms with Crippen molar-refractivity contribution in [2.24, 2.45) is 0 Å². The molecule has 154 valence electrons. The quantitative estimate of drug-likeness (QED) is 0.395. The highest BCUT2D eigenvalue weighted by Crippen LogP contribution is 2.33. The molecule has 7 heteroatoms. The Labute approximate surface area is 173 Å². The molecule has 0 aliphatic rings. The van der Waals surface area contributed by atoms with Gasteiger partial charge in [0.05, 0.1) is 13.2 Å². The summed E-state index contributed by atoms with van der Waals surface area (Å²) in [6.45, 7) is 4.69. The van der Waals surface area contributed by atoms with Crippen LogP contribution in [0.2, 0.25) is 0 Å². The maximum atomic E-state index is 8.79. The average Bonchev–Trinajstić information content (AvgIpc) is 2.73. The first-order valence-corrected chi connectivity index (χ1v) is 9.99. The van der Waals surface area contributed by atoms with E-state index < -0.39 is 0 Å². The summed E-state index contributed by atoms with van der Waals surface area (Å²) < 4.78 is 5.40. The topological polar surface area (TPSA) is 109 Å². The summed E-state index contributed by atoms with van der Waals surface area (Å²) >= 11 is 0. The number of fused-ring (bicyclic) bond motifs is 1. The molecule has 2 atom stereocenters. The van der Waals surface area contributed by atoms with Gasteiger partial charge in [-0.25, -0.2) is 4.98 Å². The average molecular weight is 395 g/mol. The zero-order chi connectivity index (χ0) is 21.1. The molecule has 0 spiro atoms. The number of hydrogen-bond acceptors (Lipinski definition) is 7. The fourth-order valence-corrected chi connectivity index (χ4v) is 3.33. The number of aromatic nitrogens is 2. The molecule has 0 saturated carbocycles. The van der Waals surface area contributed by atoms with Crippen molar-refractivity contribution < 1.29 is 4.74 Å². The summed E-state index contributed by atoms with van der Waals surface area (Å²) in [5, 5.41) is 16.7. The number of ether oxygens (including phenoxy) is 1. The van der Waals surface area contributed by atoms with Crippen LogP contribution in [0.3, 0.4) is 0 Å². The minimum absolute atomic E-state index is 0.152. The van der Waals surface area contributed by atoms with Crippen LogP contribution < -0.4 is 21.1 Å². The van der Waals surface area contributed by atoms with Crippen LogP contribution in [0.1, 0.15) is 46.0 Å². The van der Waals surface area contributed by atoms with Crippen molar-refractivity contribution in [3.05, 3.63) is 18.3 Å². The van der Waals surface area contributed by atoms with Gasteiger partial charge in [0.1, 0.15) is 11.3 Å². The van der Waals surface area contributed by atoms with Crippen molar-refractivity contribution >= 4 is 22.5 Å². The van der Waals surface area contributed by atoms with E-state index >= 15 is 0 Å². The minimum Gasteiger partial charge on any atom is -0.491 e. The van der Waals surface area contributed by atoms with E-state index in [1.54, 1.807) is 13.3 Å². The number of hydrogen-bond donors (Lipinski definition) is 3. The Morgan fingerprint density at radius 2 is 2.14 bits per heavy atom. The molecule has 0 fully saturated rings. The van der Waals surface area contributed by atoms with Crippen molar-refractivity contribution in [2.75, 3.05) is 24.7 Å². The third-order valence-electron chi connectivity index (χ3n) is 4.81. The first-order valence-electron chi connectivity index (χ1n) is 9.99. The monoisotopic (exact) mass is 394 g/mol. The Hall–Kier alpha value is -3.03. The Morgan fingerprint density at radius 1 is 1.31 bits per heavy atom. The van der Waals surface area contributed by atoms with Crippen molar-refractivity contribution in [2.45, 2.75) is 58.0 Å². The second-order valence-electron chi connectivity index (χ2n) is 6.79. The molecular weight excluding hydrogens is 364 g/mol. The number of anilines is 2. The van der Waals surface area contributed by atoms with Crippen LogP contribution in [-0.4, -0.2) is 35.7 Å². The van der Waals surface area contributed by atoms with Gasteiger partial charge in [0.25, 0.3) is 0 Å². The fourth-order valence-electron chi connectivity index (χ4n) is 3.33. The Kier molecular flexibility index (Phi) is 9.01. The van der Waals surface area contributed by atoms with Gasteiger partial charge in [-0.3, -0.25) is 4.98 Å². The first kappa shape index (κ1) is 22.3. The standard InChI is InChI=1S/C22H30N6O/c1-4-6-7-10-17(15-16(5-2)25-14-9-12-23)27-22-18-11-8-13-26-19(18)20(29-3)21(24)28-22/h8,11,13,16-17,25H,5,7,9-10,14-15H2,1-3H3,(H3,24,27,28). The summed E-state index contributed by atoms with van der Waals surface area (Å²) in [6, 6.07) is 6.47. The maximum Gasteiger partial charge on any atom is 0.187 e. The van der Waals surface area contributed by atoms with Crippen LogP contribution in [0, 0.1) is 23.2 Å². The van der Waals surface area contributed by atoms with Crippen LogP contribution in [0.4, 0.5) is 11.6 Å². The molecule has 2 rings (SSSR count). The zero-order valence-corrected chi connectivity index (χ0v) is 17.5. The lowest BCUT2D eigenvalue weighted by Crippen LogP contribution is -2.35. The van der Waals surface area contributed by atoms with Gasteiger partial charge < -0.3 is 21.1 Å². The molecule has 0 aliphatic heterocycles. The molecule has 7 nitrogen and oxygen atoms in total. The van der Waals surface area contributed by atoms with Crippen molar-refractivity contribution in [1.82, 2.24) is 15.3 Å². The molecule has 0 amide bonds. The van der Waals surface area contributed by atoms with Crippen LogP contribution in [-0.2, 0) is 0 Å². The van der Waals surface area contributed by atoms with Gasteiger partial charge >= 0.3 is 0 Å². The van der Waals surface area contributed by atoms with E-state index in [0.29, 0.717) is 41.9 Å². The number of pyridine rings is 2. The molecule has 0 bridgehead atoms. The zero-order valence-electron chi connectivity index (χ0n) is 17.5. The summed E-state index contributed by atoms with van der Waals surface area (Å²) in [5.74, 6) is 7.61. The lowest BCUT2D eigenvalue weighted by atomic mass is 10.00. The third-order valence-corrected chi connectivity index (χ3v) is 4.81. The number of nitrogens with two attached hydrogens (primary N) is 1. The smallest absolute Gasteiger partial charge is 0.187 e. The normalized spacial score (nSPS) is 12.5. The maximum absolute atomic E-state index is 8.79. The lowest BCUT2D eigenvalue weighted by Gasteiger charge is -2.25. The van der Waals surface area contributed by atoms with Gasteiger partial charge in [0.2, 0.25) is 0 Å². The predicted octanol–water partition coefficient (Wildman–Crippen LogP) is 3.48. The number of nitrogens with zero attached hydrogens (tertiary/aromatic N) is 3. The second-order valence-corrected chi connectivity index (χ2v) is 6.79. The van der Waals surface area contributed by atoms with E-state index in [2.05, 4.69) is 45.4 Å². The van der Waals surface area contributed by atoms with Crippen molar-refractivity contribution in [3.63, 3.8) is 0 Å². The number of nitrogen functional groups attached to an aromatic ring is 1. The number of nitriles is 1. The summed E-state index contributed by atoms with van der Waals surface area (Å²) in [7, 11) is 1.57. The number of methoxy groups -OCH3 is 1. The molecule has 0 aromatic carbocycles. The van der Waals surface area contributed by atoms with E-state index in [-0.39, 0.29) is 6.04 Å². The van der Waals surface area contributed by atoms with Crippen molar-refractivity contribution in [1.29, 1.82) is 5.26 Å². The molecule has 0 aliphatic carbocycles. The number of nitrogens with one attached hydrogen (secondary N) is 2. The SMILES string of the molecule is CC#CCCC(CC(CC)NCCC#N)Nc1nc(N)c(OC)c2ncccc12. The molecule has 2 heterocycles. The molecule has 2 unspecified atom stereocenters. The van der Waals surface area contributed by atoms with Gasteiger partial charge in [-0.1, -0.05) is 6.92 Å². The summed E-state index contributed by atoms with van der Waals surface area (Å²) in [4.78, 5) is 8.98. The Morgan fingerprint density at radius 3 is 2.83 bits per heavy atom. The first-order chi connectivity index (χ1) is 14.1. The molecule has 2 aromatic heterocycles. The largest absolute Gasteiger partial charge is 0.491 e. The van der Waals surface area contributed by atoms with Crippen LogP contribution in [0.25, 0.3) is 10.9 Å². The van der Waals surface area contributed by atoms with E-state index in [4.69, 9.17) is 15.7 Å². The van der Waals surface area contributed by atoms with Gasteiger partial charge in [-0.05, 0) is 38.3 Å². The highest BCUT2D eigenvalue weighted by Gasteiger charge is 2.19. The van der Waals surface area contributed by atoms with E-state index in [1.807, 2.05) is 19.1 Å². The van der Waals surface area contributed by atoms with Gasteiger partial charge in [0.15, 0.2) is 11.6 Å². The Balaban J connectivity index is 2.28. The highest BCUT2D eigenvalue weighted by atomic mass is 16.5. The Bertz CT molecular complexity index is 896. The number of rotatable bonds is 11. The molecular formula is C22H30N6O. The van der Waals surface area contributed by atoms with Gasteiger partial charge in [0, 0.05) is 43.1 Å². The van der Waals surface area contributed by atoms with Crippen molar-refractivity contribution in [3.8, 4) is 23.7 Å². The van der Waals surface area contributed by atoms with Crippen LogP contribution in [0.15, 0.2) is 18.3 Å². The molecule has 0 saturated heterocycles. The second kappa shape index (κ2) is 11.7. The molecule has 0 radical (unpaired) electrons. The lowest BCUT2D eigenvalue weighted by molar-refractivity contribution is 0.419. The summed E-state index contributed by atoms with van der Waals surface area (Å²) in [5.41, 5.74) is 6.81. The van der Waals surface area contributed by atoms with E-state index in [9.17, 15) is 0 Å². The molecule has 4 N–H and O–H groups in total. The summed E-state index contributed by atoms with van der Waals surface area (Å²) in [6.07, 6.45) is 5.76. The van der Waals surface area contributed by atoms with E-state index in [0.717, 1.165) is 31.1 Å². The minimum atomic E-state index is 0.152. The van der Waals surface area contributed by atoms with Gasteiger partial charge in [-0.15, -0.1) is 11.8 Å².